The van der Waals surface area contributed by atoms with Crippen LogP contribution in [0.25, 0.3) is 22.0 Å². The van der Waals surface area contributed by atoms with Crippen LogP contribution in [0.3, 0.4) is 0 Å². The van der Waals surface area contributed by atoms with E-state index in [0.29, 0.717) is 6.04 Å². The van der Waals surface area contributed by atoms with Crippen LogP contribution in [0.2, 0.25) is 0 Å². The summed E-state index contributed by atoms with van der Waals surface area (Å²) in [6.07, 6.45) is 0. The summed E-state index contributed by atoms with van der Waals surface area (Å²) in [5.74, 6) is 0.146. The van der Waals surface area contributed by atoms with Gasteiger partial charge in [-0.05, 0) is 49.6 Å². The molecule has 0 saturated heterocycles. The van der Waals surface area contributed by atoms with Crippen LogP contribution in [0.4, 0.5) is 5.69 Å². The second-order valence-corrected chi connectivity index (χ2v) is 7.29. The molecule has 0 bridgehead atoms. The Labute approximate surface area is 149 Å². The molecule has 25 heavy (non-hydrogen) atoms. The summed E-state index contributed by atoms with van der Waals surface area (Å²) in [5.41, 5.74) is 5.66. The van der Waals surface area contributed by atoms with Gasteiger partial charge in [-0.3, -0.25) is 0 Å². The summed E-state index contributed by atoms with van der Waals surface area (Å²) >= 11 is -1.82. The van der Waals surface area contributed by atoms with Gasteiger partial charge in [0.1, 0.15) is 0 Å². The van der Waals surface area contributed by atoms with Gasteiger partial charge in [0, 0.05) is 11.4 Å². The lowest BCUT2D eigenvalue weighted by Crippen LogP contribution is -2.12. The predicted molar refractivity (Wildman–Crippen MR) is 103 cm³/mol. The lowest BCUT2D eigenvalue weighted by atomic mass is 10.0. The minimum Gasteiger partial charge on any atom is -0.381 e. The molecule has 1 heterocycles. The first-order chi connectivity index (χ1) is 11.9. The highest BCUT2D eigenvalue weighted by Crippen LogP contribution is 2.29. The van der Waals surface area contributed by atoms with E-state index in [2.05, 4.69) is 41.5 Å². The SMILES string of the molecule is Cc1nnc2cc(-c3ccc(CS(=O)O)cc3)ccc2c1NC(C)C. The third-order valence-electron chi connectivity index (χ3n) is 3.95. The summed E-state index contributed by atoms with van der Waals surface area (Å²) in [6.45, 7) is 6.15. The summed E-state index contributed by atoms with van der Waals surface area (Å²) in [4.78, 5) is 0. The molecule has 130 valence electrons. The Morgan fingerprint density at radius 1 is 1.08 bits per heavy atom. The highest BCUT2D eigenvalue weighted by molar-refractivity contribution is 7.78. The minimum atomic E-state index is -1.82. The van der Waals surface area contributed by atoms with Crippen molar-refractivity contribution in [3.8, 4) is 11.1 Å². The molecule has 0 amide bonds. The molecule has 0 aliphatic heterocycles. The first kappa shape index (κ1) is 17.5. The Morgan fingerprint density at radius 3 is 2.40 bits per heavy atom. The van der Waals surface area contributed by atoms with E-state index in [9.17, 15) is 4.21 Å². The number of benzene rings is 2. The van der Waals surface area contributed by atoms with Crippen molar-refractivity contribution in [2.24, 2.45) is 0 Å². The van der Waals surface area contributed by atoms with Crippen molar-refractivity contribution in [2.75, 3.05) is 5.32 Å². The largest absolute Gasteiger partial charge is 0.381 e. The van der Waals surface area contributed by atoms with Crippen molar-refractivity contribution in [1.82, 2.24) is 10.2 Å². The molecule has 0 fully saturated rings. The molecular weight excluding hydrogens is 334 g/mol. The van der Waals surface area contributed by atoms with Gasteiger partial charge in [0.2, 0.25) is 0 Å². The van der Waals surface area contributed by atoms with Crippen LogP contribution in [-0.4, -0.2) is 25.0 Å². The third-order valence-corrected chi connectivity index (χ3v) is 4.53. The highest BCUT2D eigenvalue weighted by atomic mass is 32.2. The average Bonchev–Trinajstić information content (AvgIpc) is 2.57. The molecule has 2 aromatic carbocycles. The fourth-order valence-corrected chi connectivity index (χ4v) is 3.26. The maximum Gasteiger partial charge on any atom is 0.157 e. The lowest BCUT2D eigenvalue weighted by molar-refractivity contribution is 0.563. The Balaban J connectivity index is 1.99. The van der Waals surface area contributed by atoms with E-state index in [0.717, 1.165) is 39.0 Å². The highest BCUT2D eigenvalue weighted by Gasteiger charge is 2.10. The average molecular weight is 355 g/mol. The number of nitrogens with one attached hydrogen (secondary N) is 1. The van der Waals surface area contributed by atoms with Crippen molar-refractivity contribution in [3.05, 3.63) is 53.7 Å². The van der Waals surface area contributed by atoms with Crippen molar-refractivity contribution in [3.63, 3.8) is 0 Å². The molecule has 1 aromatic heterocycles. The first-order valence-electron chi connectivity index (χ1n) is 8.14. The zero-order chi connectivity index (χ0) is 18.0. The van der Waals surface area contributed by atoms with Crippen LogP contribution >= 0.6 is 0 Å². The number of fused-ring (bicyclic) bond motifs is 1. The molecule has 5 nitrogen and oxygen atoms in total. The van der Waals surface area contributed by atoms with Crippen LogP contribution < -0.4 is 5.32 Å². The molecule has 1 atom stereocenters. The molecule has 3 aromatic rings. The molecule has 0 aliphatic rings. The summed E-state index contributed by atoms with van der Waals surface area (Å²) < 4.78 is 19.9. The number of hydrogen-bond donors (Lipinski definition) is 2. The van der Waals surface area contributed by atoms with E-state index >= 15 is 0 Å². The zero-order valence-corrected chi connectivity index (χ0v) is 15.3. The monoisotopic (exact) mass is 355 g/mol. The molecule has 0 saturated carbocycles. The Bertz CT molecular complexity index is 924. The van der Waals surface area contributed by atoms with Gasteiger partial charge in [-0.2, -0.15) is 10.2 Å². The van der Waals surface area contributed by atoms with Gasteiger partial charge in [0.15, 0.2) is 11.1 Å². The van der Waals surface area contributed by atoms with E-state index in [-0.39, 0.29) is 5.75 Å². The second kappa shape index (κ2) is 7.29. The van der Waals surface area contributed by atoms with Crippen LogP contribution in [0.1, 0.15) is 25.1 Å². The minimum absolute atomic E-state index is 0.146. The smallest absolute Gasteiger partial charge is 0.157 e. The first-order valence-corrected chi connectivity index (χ1v) is 9.42. The van der Waals surface area contributed by atoms with Crippen molar-refractivity contribution < 1.29 is 8.76 Å². The van der Waals surface area contributed by atoms with Crippen molar-refractivity contribution >= 4 is 27.7 Å². The summed E-state index contributed by atoms with van der Waals surface area (Å²) in [5, 5.41) is 13.1. The predicted octanol–water partition coefficient (Wildman–Crippen LogP) is 4.15. The van der Waals surface area contributed by atoms with Crippen LogP contribution in [0, 0.1) is 6.92 Å². The maximum atomic E-state index is 10.9. The van der Waals surface area contributed by atoms with E-state index < -0.39 is 11.1 Å². The van der Waals surface area contributed by atoms with Gasteiger partial charge in [-0.25, -0.2) is 4.21 Å². The van der Waals surface area contributed by atoms with Gasteiger partial charge >= 0.3 is 0 Å². The van der Waals surface area contributed by atoms with E-state index in [1.165, 1.54) is 0 Å². The number of aromatic nitrogens is 2. The molecule has 0 spiro atoms. The topological polar surface area (TPSA) is 75.1 Å². The van der Waals surface area contributed by atoms with E-state index in [1.54, 1.807) is 0 Å². The van der Waals surface area contributed by atoms with Crippen molar-refractivity contribution in [2.45, 2.75) is 32.6 Å². The molecule has 1 unspecified atom stereocenters. The molecule has 0 radical (unpaired) electrons. The number of hydrogen-bond acceptors (Lipinski definition) is 4. The van der Waals surface area contributed by atoms with Gasteiger partial charge in [-0.1, -0.05) is 30.3 Å². The third kappa shape index (κ3) is 4.03. The number of rotatable bonds is 5. The van der Waals surface area contributed by atoms with E-state index in [4.69, 9.17) is 4.55 Å². The zero-order valence-electron chi connectivity index (χ0n) is 14.5. The Hall–Kier alpha value is -2.31. The second-order valence-electron chi connectivity index (χ2n) is 6.35. The molecule has 2 N–H and O–H groups in total. The maximum absolute atomic E-state index is 10.9. The fraction of sp³-hybridized carbons (Fsp3) is 0.263. The number of aryl methyl sites for hydroxylation is 1. The molecule has 3 rings (SSSR count). The van der Waals surface area contributed by atoms with Crippen molar-refractivity contribution in [1.29, 1.82) is 0 Å². The molecular formula is C19H21N3O2S. The van der Waals surface area contributed by atoms with Crippen LogP contribution in [-0.2, 0) is 16.8 Å². The van der Waals surface area contributed by atoms with Gasteiger partial charge < -0.3 is 9.87 Å². The summed E-state index contributed by atoms with van der Waals surface area (Å²) in [7, 11) is 0. The van der Waals surface area contributed by atoms with E-state index in [1.807, 2.05) is 37.3 Å². The van der Waals surface area contributed by atoms with Crippen LogP contribution in [0.15, 0.2) is 42.5 Å². The standard InChI is InChI=1S/C19H21N3O2S/c1-12(2)20-19-13(3)21-22-18-10-16(8-9-17(18)19)15-6-4-14(5-7-15)11-25(23)24/h4-10,12H,11H2,1-3H3,(H,20,22)(H,23,24). The van der Waals surface area contributed by atoms with Gasteiger partial charge in [0.25, 0.3) is 0 Å². The van der Waals surface area contributed by atoms with Gasteiger partial charge in [-0.15, -0.1) is 0 Å². The summed E-state index contributed by atoms with van der Waals surface area (Å²) in [6, 6.07) is 14.1. The quantitative estimate of drug-likeness (QED) is 0.673. The Morgan fingerprint density at radius 2 is 1.76 bits per heavy atom. The fourth-order valence-electron chi connectivity index (χ4n) is 2.79. The number of anilines is 1. The Kier molecular flexibility index (Phi) is 5.11. The van der Waals surface area contributed by atoms with Crippen LogP contribution in [0.5, 0.6) is 0 Å². The van der Waals surface area contributed by atoms with Gasteiger partial charge in [0.05, 0.1) is 22.7 Å². The molecule has 6 heteroatoms. The lowest BCUT2D eigenvalue weighted by Gasteiger charge is -2.15. The normalized spacial score (nSPS) is 12.5. The number of nitrogens with zero attached hydrogens (tertiary/aromatic N) is 2. The molecule has 0 aliphatic carbocycles.